The van der Waals surface area contributed by atoms with Crippen molar-refractivity contribution in [3.63, 3.8) is 0 Å². The van der Waals surface area contributed by atoms with Crippen LogP contribution in [0.1, 0.15) is 328 Å². The van der Waals surface area contributed by atoms with Gasteiger partial charge in [-0.05, 0) is 51.4 Å². The molecule has 0 spiro atoms. The van der Waals surface area contributed by atoms with Gasteiger partial charge in [0.2, 0.25) is 5.91 Å². The highest BCUT2D eigenvalue weighted by molar-refractivity contribution is 5.76. The fourth-order valence-corrected chi connectivity index (χ4v) is 12.2. The van der Waals surface area contributed by atoms with Gasteiger partial charge in [0, 0.05) is 6.42 Å². The zero-order chi connectivity index (χ0) is 63.1. The summed E-state index contributed by atoms with van der Waals surface area (Å²) in [4.78, 5) is 13.3. The maximum Gasteiger partial charge on any atom is 0.220 e. The van der Waals surface area contributed by atoms with Crippen LogP contribution in [0.3, 0.4) is 0 Å². The third-order valence-corrected chi connectivity index (χ3v) is 18.1. The van der Waals surface area contributed by atoms with Crippen LogP contribution in [0.15, 0.2) is 36.5 Å². The normalized spacial score (nSPS) is 23.4. The number of carbonyl (C=O) groups is 1. The summed E-state index contributed by atoms with van der Waals surface area (Å²) in [5.74, 6) is -0.233. The van der Waals surface area contributed by atoms with E-state index in [0.29, 0.717) is 6.42 Å². The first-order chi connectivity index (χ1) is 42.6. The molecule has 0 saturated carbocycles. The fourth-order valence-electron chi connectivity index (χ4n) is 12.2. The molecule has 0 aromatic rings. The van der Waals surface area contributed by atoms with Crippen LogP contribution in [-0.4, -0.2) is 140 Å². The molecule has 0 bridgehead atoms. The minimum Gasteiger partial charge on any atom is -0.394 e. The van der Waals surface area contributed by atoms with Gasteiger partial charge in [-0.1, -0.05) is 307 Å². The lowest BCUT2D eigenvalue weighted by molar-refractivity contribution is -0.359. The van der Waals surface area contributed by atoms with E-state index >= 15 is 0 Å². The van der Waals surface area contributed by atoms with E-state index in [0.717, 1.165) is 44.9 Å². The molecule has 0 radical (unpaired) electrons. The van der Waals surface area contributed by atoms with Gasteiger partial charge in [-0.3, -0.25) is 4.79 Å². The van der Waals surface area contributed by atoms with Gasteiger partial charge in [-0.25, -0.2) is 0 Å². The van der Waals surface area contributed by atoms with Crippen LogP contribution < -0.4 is 5.32 Å². The lowest BCUT2D eigenvalue weighted by Gasteiger charge is -2.46. The van der Waals surface area contributed by atoms with Crippen molar-refractivity contribution in [3.05, 3.63) is 36.5 Å². The minimum absolute atomic E-state index is 0.233. The summed E-state index contributed by atoms with van der Waals surface area (Å²) in [5.41, 5.74) is 0. The average molecular weight is 1240 g/mol. The van der Waals surface area contributed by atoms with Crippen molar-refractivity contribution in [2.24, 2.45) is 0 Å². The van der Waals surface area contributed by atoms with E-state index in [2.05, 4.69) is 43.5 Å². The Balaban J connectivity index is 1.55. The van der Waals surface area contributed by atoms with Crippen LogP contribution in [0, 0.1) is 0 Å². The van der Waals surface area contributed by atoms with E-state index < -0.39 is 86.8 Å². The van der Waals surface area contributed by atoms with Crippen LogP contribution >= 0.6 is 0 Å². The van der Waals surface area contributed by atoms with Gasteiger partial charge in [0.15, 0.2) is 12.6 Å². The molecule has 9 N–H and O–H groups in total. The lowest BCUT2D eigenvalue weighted by Crippen LogP contribution is -2.65. The van der Waals surface area contributed by atoms with Crippen LogP contribution in [0.5, 0.6) is 0 Å². The van der Waals surface area contributed by atoms with Crippen molar-refractivity contribution in [2.75, 3.05) is 19.8 Å². The summed E-state index contributed by atoms with van der Waals surface area (Å²) in [7, 11) is 0. The summed E-state index contributed by atoms with van der Waals surface area (Å²) in [6.45, 7) is 2.82. The number of carbonyl (C=O) groups excluding carboxylic acids is 1. The number of hydrogen-bond acceptors (Lipinski definition) is 13. The predicted molar refractivity (Wildman–Crippen MR) is 355 cm³/mol. The van der Waals surface area contributed by atoms with E-state index in [1.807, 2.05) is 6.08 Å². The first kappa shape index (κ1) is 81.3. The number of nitrogens with one attached hydrogen (secondary N) is 1. The molecule has 2 heterocycles. The summed E-state index contributed by atoms with van der Waals surface area (Å²) in [6, 6.07) is -0.912. The van der Waals surface area contributed by atoms with Gasteiger partial charge in [-0.15, -0.1) is 0 Å². The molecule has 14 heteroatoms. The van der Waals surface area contributed by atoms with Crippen LogP contribution in [0.25, 0.3) is 0 Å². The highest BCUT2D eigenvalue weighted by Gasteiger charge is 2.51. The Kier molecular flexibility index (Phi) is 54.3. The molecule has 14 nitrogen and oxygen atoms in total. The molecule has 0 aromatic carbocycles. The van der Waals surface area contributed by atoms with Crippen molar-refractivity contribution >= 4 is 5.91 Å². The quantitative estimate of drug-likeness (QED) is 0.0204. The zero-order valence-electron chi connectivity index (χ0n) is 55.8. The van der Waals surface area contributed by atoms with Gasteiger partial charge in [0.05, 0.1) is 32.0 Å². The Morgan fingerprint density at radius 2 is 0.759 bits per heavy atom. The van der Waals surface area contributed by atoms with Crippen LogP contribution in [0.4, 0.5) is 0 Å². The number of unbranched alkanes of at least 4 members (excludes halogenated alkanes) is 44. The molecular formula is C73H137NO13. The molecule has 2 aliphatic rings. The Morgan fingerprint density at radius 1 is 0.414 bits per heavy atom. The lowest BCUT2D eigenvalue weighted by atomic mass is 9.97. The third-order valence-electron chi connectivity index (χ3n) is 18.1. The topological polar surface area (TPSA) is 228 Å². The summed E-state index contributed by atoms with van der Waals surface area (Å²) in [6.07, 6.45) is 58.1. The number of hydrogen-bond donors (Lipinski definition) is 9. The molecular weight excluding hydrogens is 1100 g/mol. The molecule has 2 fully saturated rings. The molecule has 2 saturated heterocycles. The Hall–Kier alpha value is -1.79. The smallest absolute Gasteiger partial charge is 0.220 e. The summed E-state index contributed by atoms with van der Waals surface area (Å²) < 4.78 is 22.8. The number of aliphatic hydroxyl groups excluding tert-OH is 8. The second-order valence-electron chi connectivity index (χ2n) is 26.1. The van der Waals surface area contributed by atoms with Crippen molar-refractivity contribution in [1.29, 1.82) is 0 Å². The predicted octanol–water partition coefficient (Wildman–Crippen LogP) is 15.3. The summed E-state index contributed by atoms with van der Waals surface area (Å²) in [5, 5.41) is 87.3. The largest absolute Gasteiger partial charge is 0.394 e. The monoisotopic (exact) mass is 1240 g/mol. The first-order valence-corrected chi connectivity index (χ1v) is 36.7. The van der Waals surface area contributed by atoms with Crippen molar-refractivity contribution in [2.45, 2.75) is 402 Å². The third kappa shape index (κ3) is 42.1. The van der Waals surface area contributed by atoms with Crippen molar-refractivity contribution < 1.29 is 64.6 Å². The van der Waals surface area contributed by atoms with Gasteiger partial charge in [0.25, 0.3) is 0 Å². The SMILES string of the molecule is CCCCCCC/C=C\C/C=C\CCCCCCCCCCCCCCCCCCCCCCCCCCCCCC(=O)NC(COC1OC(CO)C(OC2OC(CO)C(O)C(O)C2O)C(O)C1O)C(O)/C=C/CCCCCCCCCCCCCC. The highest BCUT2D eigenvalue weighted by atomic mass is 16.7. The molecule has 2 aliphatic heterocycles. The second kappa shape index (κ2) is 58.1. The molecule has 87 heavy (non-hydrogen) atoms. The number of amides is 1. The van der Waals surface area contributed by atoms with Gasteiger partial charge in [0.1, 0.15) is 48.8 Å². The van der Waals surface area contributed by atoms with Gasteiger partial charge >= 0.3 is 0 Å². The summed E-state index contributed by atoms with van der Waals surface area (Å²) >= 11 is 0. The fraction of sp³-hybridized carbons (Fsp3) is 0.904. The Morgan fingerprint density at radius 3 is 1.15 bits per heavy atom. The van der Waals surface area contributed by atoms with Gasteiger partial charge < -0.3 is 65.1 Å². The van der Waals surface area contributed by atoms with Crippen LogP contribution in [-0.2, 0) is 23.7 Å². The molecule has 2 rings (SSSR count). The number of allylic oxidation sites excluding steroid dienone is 5. The van der Waals surface area contributed by atoms with E-state index in [1.54, 1.807) is 6.08 Å². The van der Waals surface area contributed by atoms with E-state index in [1.165, 1.54) is 257 Å². The standard InChI is InChI=1S/C73H137NO13/c1-3-5-7-9-11-13-15-17-19-20-21-22-23-24-25-26-27-28-29-30-31-32-33-34-35-36-37-38-39-40-41-42-43-45-47-49-51-53-55-57-65(78)74-61(62(77)56-54-52-50-48-46-44-18-16-14-12-10-8-6-4-2)60-84-72-70(83)68(81)71(64(59-76)86-72)87-73-69(82)67(80)66(79)63(58-75)85-73/h15,17,20-21,54,56,61-64,66-73,75-77,79-83H,3-14,16,18-19,22-53,55,57-60H2,1-2H3,(H,74,78)/b17-15-,21-20-,56-54+. The number of aliphatic hydroxyl groups is 8. The maximum absolute atomic E-state index is 13.3. The maximum atomic E-state index is 13.3. The van der Waals surface area contributed by atoms with Gasteiger partial charge in [-0.2, -0.15) is 0 Å². The Labute approximate surface area is 531 Å². The van der Waals surface area contributed by atoms with Crippen molar-refractivity contribution in [3.8, 4) is 0 Å². The molecule has 512 valence electrons. The molecule has 0 aromatic heterocycles. The van der Waals surface area contributed by atoms with E-state index in [-0.39, 0.29) is 18.9 Å². The van der Waals surface area contributed by atoms with Crippen molar-refractivity contribution in [1.82, 2.24) is 5.32 Å². The zero-order valence-corrected chi connectivity index (χ0v) is 55.8. The highest BCUT2D eigenvalue weighted by Crippen LogP contribution is 2.30. The molecule has 12 atom stereocenters. The molecule has 0 aliphatic carbocycles. The molecule has 12 unspecified atom stereocenters. The van der Waals surface area contributed by atoms with E-state index in [9.17, 15) is 45.6 Å². The van der Waals surface area contributed by atoms with E-state index in [4.69, 9.17) is 18.9 Å². The van der Waals surface area contributed by atoms with Crippen LogP contribution in [0.2, 0.25) is 0 Å². The number of ether oxygens (including phenoxy) is 4. The average Bonchev–Trinajstić information content (AvgIpc) is 2.05. The minimum atomic E-state index is -1.79. The Bertz CT molecular complexity index is 1600. The second-order valence-corrected chi connectivity index (χ2v) is 26.1. The first-order valence-electron chi connectivity index (χ1n) is 36.7. The molecule has 1 amide bonds. The number of rotatable bonds is 61.